The fourth-order valence-electron chi connectivity index (χ4n) is 3.06. The molecule has 2 N–H and O–H groups in total. The van der Waals surface area contributed by atoms with E-state index in [-0.39, 0.29) is 6.03 Å². The van der Waals surface area contributed by atoms with Crippen molar-refractivity contribution in [1.29, 1.82) is 0 Å². The van der Waals surface area contributed by atoms with Crippen molar-refractivity contribution in [3.05, 3.63) is 71.8 Å². The van der Waals surface area contributed by atoms with E-state index in [1.807, 2.05) is 42.2 Å². The van der Waals surface area contributed by atoms with Crippen molar-refractivity contribution < 1.29 is 9.69 Å². The van der Waals surface area contributed by atoms with Gasteiger partial charge in [0, 0.05) is 5.69 Å². The van der Waals surface area contributed by atoms with Crippen LogP contribution in [0.25, 0.3) is 6.08 Å². The molecule has 0 atom stereocenters. The van der Waals surface area contributed by atoms with E-state index in [9.17, 15) is 4.79 Å². The minimum atomic E-state index is 0.00757. The van der Waals surface area contributed by atoms with Crippen molar-refractivity contribution in [1.82, 2.24) is 4.90 Å². The first kappa shape index (κ1) is 17.2. The van der Waals surface area contributed by atoms with E-state index >= 15 is 0 Å². The Kier molecular flexibility index (Phi) is 5.86. The van der Waals surface area contributed by atoms with Gasteiger partial charge in [-0.15, -0.1) is 0 Å². The maximum absolute atomic E-state index is 12.4. The molecule has 0 saturated carbocycles. The topological polar surface area (TPSA) is 36.8 Å². The molecule has 1 heterocycles. The second kappa shape index (κ2) is 8.49. The second-order valence-electron chi connectivity index (χ2n) is 6.50. The van der Waals surface area contributed by atoms with Crippen LogP contribution >= 0.6 is 0 Å². The van der Waals surface area contributed by atoms with Crippen LogP contribution in [0.1, 0.15) is 11.1 Å². The Morgan fingerprint density at radius 2 is 1.76 bits per heavy atom. The molecule has 0 aliphatic carbocycles. The number of hydrogen-bond donors (Lipinski definition) is 2. The first-order chi connectivity index (χ1) is 12.2. The molecule has 0 unspecified atom stereocenters. The van der Waals surface area contributed by atoms with Crippen LogP contribution in [0.2, 0.25) is 0 Å². The van der Waals surface area contributed by atoms with E-state index in [2.05, 4.69) is 41.7 Å². The minimum absolute atomic E-state index is 0.00757. The molecule has 130 valence electrons. The van der Waals surface area contributed by atoms with E-state index in [1.54, 1.807) is 0 Å². The van der Waals surface area contributed by atoms with Gasteiger partial charge in [-0.1, -0.05) is 54.6 Å². The Labute approximate surface area is 149 Å². The highest BCUT2D eigenvalue weighted by Crippen LogP contribution is 2.13. The molecule has 0 bridgehead atoms. The lowest BCUT2D eigenvalue weighted by Crippen LogP contribution is -3.14. The molecule has 25 heavy (non-hydrogen) atoms. The molecule has 4 nitrogen and oxygen atoms in total. The van der Waals surface area contributed by atoms with Crippen LogP contribution in [0.3, 0.4) is 0 Å². The Balaban J connectivity index is 1.44. The van der Waals surface area contributed by atoms with Crippen LogP contribution in [0.4, 0.5) is 10.5 Å². The number of aryl methyl sites for hydroxylation is 1. The lowest BCUT2D eigenvalue weighted by Gasteiger charge is -2.31. The molecular weight excluding hydrogens is 310 g/mol. The lowest BCUT2D eigenvalue weighted by molar-refractivity contribution is -0.898. The number of carbonyl (C=O) groups excluding carboxylic acids is 1. The number of carbonyl (C=O) groups is 1. The summed E-state index contributed by atoms with van der Waals surface area (Å²) in [7, 11) is 0. The maximum Gasteiger partial charge on any atom is 0.322 e. The van der Waals surface area contributed by atoms with Crippen LogP contribution < -0.4 is 10.2 Å². The number of anilines is 1. The largest absolute Gasteiger partial charge is 0.329 e. The number of piperazine rings is 1. The SMILES string of the molecule is Cc1ccccc1NC(=O)N1CC[NH+](C/C=C/c2ccccc2)CC1. The van der Waals surface area contributed by atoms with Crippen molar-refractivity contribution in [2.75, 3.05) is 38.0 Å². The molecule has 1 aliphatic heterocycles. The van der Waals surface area contributed by atoms with Crippen LogP contribution in [0.5, 0.6) is 0 Å². The summed E-state index contributed by atoms with van der Waals surface area (Å²) in [6.07, 6.45) is 4.40. The number of hydrogen-bond acceptors (Lipinski definition) is 1. The minimum Gasteiger partial charge on any atom is -0.329 e. The number of amides is 2. The zero-order chi connectivity index (χ0) is 17.5. The average Bonchev–Trinajstić information content (AvgIpc) is 2.65. The van der Waals surface area contributed by atoms with Crippen molar-refractivity contribution in [3.8, 4) is 0 Å². The van der Waals surface area contributed by atoms with Crippen LogP contribution in [-0.4, -0.2) is 43.7 Å². The van der Waals surface area contributed by atoms with Crippen molar-refractivity contribution in [2.24, 2.45) is 0 Å². The number of urea groups is 1. The number of quaternary nitrogens is 1. The molecule has 0 radical (unpaired) electrons. The Hall–Kier alpha value is -2.59. The monoisotopic (exact) mass is 336 g/mol. The molecule has 2 aromatic rings. The number of nitrogens with one attached hydrogen (secondary N) is 2. The van der Waals surface area contributed by atoms with Gasteiger partial charge in [-0.3, -0.25) is 0 Å². The third-order valence-corrected chi connectivity index (χ3v) is 4.66. The molecule has 0 spiro atoms. The zero-order valence-electron chi connectivity index (χ0n) is 14.7. The Bertz CT molecular complexity index is 719. The lowest BCUT2D eigenvalue weighted by atomic mass is 10.2. The highest BCUT2D eigenvalue weighted by atomic mass is 16.2. The smallest absolute Gasteiger partial charge is 0.322 e. The summed E-state index contributed by atoms with van der Waals surface area (Å²) in [6, 6.07) is 18.3. The predicted octanol–water partition coefficient (Wildman–Crippen LogP) is 2.44. The van der Waals surface area contributed by atoms with Gasteiger partial charge in [0.25, 0.3) is 0 Å². The zero-order valence-corrected chi connectivity index (χ0v) is 14.7. The van der Waals surface area contributed by atoms with E-state index in [1.165, 1.54) is 10.5 Å². The molecule has 3 rings (SSSR count). The maximum atomic E-state index is 12.4. The summed E-state index contributed by atoms with van der Waals surface area (Å²) in [5.74, 6) is 0. The molecule has 2 aromatic carbocycles. The first-order valence-corrected chi connectivity index (χ1v) is 8.89. The third-order valence-electron chi connectivity index (χ3n) is 4.66. The van der Waals surface area contributed by atoms with Gasteiger partial charge >= 0.3 is 6.03 Å². The molecule has 1 saturated heterocycles. The van der Waals surface area contributed by atoms with Crippen molar-refractivity contribution in [3.63, 3.8) is 0 Å². The first-order valence-electron chi connectivity index (χ1n) is 8.89. The molecule has 0 aromatic heterocycles. The fourth-order valence-corrected chi connectivity index (χ4v) is 3.06. The second-order valence-corrected chi connectivity index (χ2v) is 6.50. The molecule has 1 aliphatic rings. The van der Waals surface area contributed by atoms with Crippen molar-refractivity contribution >= 4 is 17.8 Å². The van der Waals surface area contributed by atoms with E-state index in [0.29, 0.717) is 0 Å². The summed E-state index contributed by atoms with van der Waals surface area (Å²) < 4.78 is 0. The highest BCUT2D eigenvalue weighted by Gasteiger charge is 2.23. The van der Waals surface area contributed by atoms with E-state index < -0.39 is 0 Å². The van der Waals surface area contributed by atoms with Crippen molar-refractivity contribution in [2.45, 2.75) is 6.92 Å². The number of para-hydroxylation sites is 1. The van der Waals surface area contributed by atoms with Gasteiger partial charge in [-0.05, 0) is 30.2 Å². The van der Waals surface area contributed by atoms with E-state index in [4.69, 9.17) is 0 Å². The normalized spacial score (nSPS) is 15.5. The molecule has 4 heteroatoms. The van der Waals surface area contributed by atoms with Gasteiger partial charge in [-0.2, -0.15) is 0 Å². The molecule has 1 fully saturated rings. The van der Waals surface area contributed by atoms with Gasteiger partial charge in [0.05, 0.1) is 32.7 Å². The number of nitrogens with zero attached hydrogens (tertiary/aromatic N) is 1. The molecular formula is C21H26N3O+. The number of rotatable bonds is 4. The van der Waals surface area contributed by atoms with Gasteiger partial charge in [0.15, 0.2) is 0 Å². The van der Waals surface area contributed by atoms with Gasteiger partial charge in [-0.25, -0.2) is 4.79 Å². The summed E-state index contributed by atoms with van der Waals surface area (Å²) >= 11 is 0. The fraction of sp³-hybridized carbons (Fsp3) is 0.286. The highest BCUT2D eigenvalue weighted by molar-refractivity contribution is 5.90. The van der Waals surface area contributed by atoms with Gasteiger partial charge in [0.1, 0.15) is 0 Å². The summed E-state index contributed by atoms with van der Waals surface area (Å²) in [5, 5.41) is 3.02. The Morgan fingerprint density at radius 1 is 1.08 bits per heavy atom. The summed E-state index contributed by atoms with van der Waals surface area (Å²) in [4.78, 5) is 15.9. The van der Waals surface area contributed by atoms with Gasteiger partial charge in [0.2, 0.25) is 0 Å². The van der Waals surface area contributed by atoms with Crippen LogP contribution in [-0.2, 0) is 0 Å². The quantitative estimate of drug-likeness (QED) is 0.884. The summed E-state index contributed by atoms with van der Waals surface area (Å²) in [6.45, 7) is 6.58. The Morgan fingerprint density at radius 3 is 2.48 bits per heavy atom. The predicted molar refractivity (Wildman–Crippen MR) is 103 cm³/mol. The van der Waals surface area contributed by atoms with Gasteiger partial charge < -0.3 is 15.1 Å². The van der Waals surface area contributed by atoms with Crippen LogP contribution in [0, 0.1) is 6.92 Å². The summed E-state index contributed by atoms with van der Waals surface area (Å²) in [5.41, 5.74) is 3.22. The third kappa shape index (κ3) is 4.94. The van der Waals surface area contributed by atoms with E-state index in [0.717, 1.165) is 44.0 Å². The average molecular weight is 336 g/mol. The number of benzene rings is 2. The van der Waals surface area contributed by atoms with Crippen LogP contribution in [0.15, 0.2) is 60.7 Å². The molecule has 2 amide bonds. The standard InChI is InChI=1S/C21H25N3O/c1-18-8-5-6-12-20(18)22-21(25)24-16-14-23(15-17-24)13-7-11-19-9-3-2-4-10-19/h2-12H,13-17H2,1H3,(H,22,25)/p+1/b11-7+.